The van der Waals surface area contributed by atoms with Crippen molar-refractivity contribution in [2.75, 3.05) is 0 Å². The van der Waals surface area contributed by atoms with Gasteiger partial charge in [-0.05, 0) is 145 Å². The molecule has 6 rings (SSSR count). The number of phenolic OH excluding ortho intramolecular Hbond substituents is 6. The second kappa shape index (κ2) is 15.3. The summed E-state index contributed by atoms with van der Waals surface area (Å²) >= 11 is 0. The van der Waals surface area contributed by atoms with Crippen molar-refractivity contribution in [1.82, 2.24) is 0 Å². The number of rotatable bonds is 13. The summed E-state index contributed by atoms with van der Waals surface area (Å²) in [6.07, 6.45) is 3.79. The number of hydrogen-bond acceptors (Lipinski definition) is 8. The van der Waals surface area contributed by atoms with Crippen molar-refractivity contribution >= 4 is 0 Å². The number of ether oxygens (including phenoxy) is 2. The summed E-state index contributed by atoms with van der Waals surface area (Å²) in [6.45, 7) is 0. The topological polar surface area (TPSA) is 140 Å². The highest BCUT2D eigenvalue weighted by molar-refractivity contribution is 5.58. The molecule has 254 valence electrons. The van der Waals surface area contributed by atoms with Gasteiger partial charge in [-0.3, -0.25) is 0 Å². The Hall–Kier alpha value is -6.28. The maximum absolute atomic E-state index is 11.4. The van der Waals surface area contributed by atoms with Gasteiger partial charge in [-0.2, -0.15) is 0 Å². The van der Waals surface area contributed by atoms with E-state index in [0.29, 0.717) is 38.5 Å². The van der Waals surface area contributed by atoms with Gasteiger partial charge in [0.25, 0.3) is 0 Å². The van der Waals surface area contributed by atoms with Crippen LogP contribution < -0.4 is 9.47 Å². The molecule has 0 saturated carbocycles. The van der Waals surface area contributed by atoms with Crippen LogP contribution in [0.2, 0.25) is 0 Å². The fraction of sp³-hybridized carbons (Fsp3) is 0.143. The Morgan fingerprint density at radius 3 is 1.16 bits per heavy atom. The van der Waals surface area contributed by atoms with Gasteiger partial charge in [0.2, 0.25) is 5.75 Å². The number of benzene rings is 6. The number of aromatic hydroxyl groups is 6. The summed E-state index contributed by atoms with van der Waals surface area (Å²) in [6, 6.07) is 34.5. The zero-order valence-electron chi connectivity index (χ0n) is 27.3. The molecule has 0 saturated heterocycles. The summed E-state index contributed by atoms with van der Waals surface area (Å²) < 4.78 is 12.3. The summed E-state index contributed by atoms with van der Waals surface area (Å²) in [5, 5.41) is 62.0. The van der Waals surface area contributed by atoms with E-state index in [9.17, 15) is 30.6 Å². The lowest BCUT2D eigenvalue weighted by molar-refractivity contribution is 0.357. The van der Waals surface area contributed by atoms with Crippen LogP contribution in [0.3, 0.4) is 0 Å². The molecule has 0 spiro atoms. The Morgan fingerprint density at radius 2 is 0.700 bits per heavy atom. The van der Waals surface area contributed by atoms with Gasteiger partial charge in [-0.15, -0.1) is 0 Å². The van der Waals surface area contributed by atoms with Gasteiger partial charge in [0, 0.05) is 0 Å². The summed E-state index contributed by atoms with van der Waals surface area (Å²) in [7, 11) is 0. The Morgan fingerprint density at radius 1 is 0.320 bits per heavy atom. The molecule has 0 bridgehead atoms. The average Bonchev–Trinajstić information content (AvgIpc) is 3.11. The van der Waals surface area contributed by atoms with E-state index in [1.807, 2.05) is 30.3 Å². The second-order valence-electron chi connectivity index (χ2n) is 12.3. The van der Waals surface area contributed by atoms with Crippen LogP contribution in [0.15, 0.2) is 121 Å². The average molecular weight is 671 g/mol. The molecule has 0 atom stereocenters. The molecule has 0 amide bonds. The van der Waals surface area contributed by atoms with Gasteiger partial charge in [-0.25, -0.2) is 0 Å². The van der Waals surface area contributed by atoms with Gasteiger partial charge >= 0.3 is 0 Å². The van der Waals surface area contributed by atoms with Crippen molar-refractivity contribution in [2.45, 2.75) is 38.5 Å². The van der Waals surface area contributed by atoms with Crippen LogP contribution >= 0.6 is 0 Å². The quantitative estimate of drug-likeness (QED) is 0.0716. The third-order valence-corrected chi connectivity index (χ3v) is 8.48. The summed E-state index contributed by atoms with van der Waals surface area (Å²) in [4.78, 5) is 0. The lowest BCUT2D eigenvalue weighted by Crippen LogP contribution is -1.97. The van der Waals surface area contributed by atoms with Crippen molar-refractivity contribution < 1.29 is 40.1 Å². The molecule has 0 aromatic heterocycles. The highest BCUT2D eigenvalue weighted by atomic mass is 16.5. The van der Waals surface area contributed by atoms with Crippen LogP contribution in [0.5, 0.6) is 57.5 Å². The van der Waals surface area contributed by atoms with E-state index in [1.165, 1.54) is 0 Å². The molecule has 8 heteroatoms. The number of phenols is 6. The smallest absolute Gasteiger partial charge is 0.202 e. The molecule has 0 heterocycles. The third kappa shape index (κ3) is 8.79. The van der Waals surface area contributed by atoms with Crippen LogP contribution in [-0.2, 0) is 38.5 Å². The van der Waals surface area contributed by atoms with Crippen molar-refractivity contribution in [2.24, 2.45) is 0 Å². The SMILES string of the molecule is Oc1ccc(CCc2ccc(O)c(Oc3cc(CCc4cccc(O)c4)cc(Oc4cc(CCc5ccc(O)cc5)ccc4O)c3O)c2)cc1. The van der Waals surface area contributed by atoms with Gasteiger partial charge in [0.15, 0.2) is 34.5 Å². The minimum absolute atomic E-state index is 0.0577. The Balaban J connectivity index is 1.26. The molecule has 0 radical (unpaired) electrons. The van der Waals surface area contributed by atoms with Crippen LogP contribution in [0.25, 0.3) is 0 Å². The van der Waals surface area contributed by atoms with Crippen LogP contribution in [0.4, 0.5) is 0 Å². The van der Waals surface area contributed by atoms with Gasteiger partial charge in [-0.1, -0.05) is 48.5 Å². The van der Waals surface area contributed by atoms with E-state index in [-0.39, 0.29) is 57.5 Å². The molecule has 6 aromatic rings. The van der Waals surface area contributed by atoms with Crippen molar-refractivity contribution in [1.29, 1.82) is 0 Å². The fourth-order valence-electron chi connectivity index (χ4n) is 5.67. The van der Waals surface area contributed by atoms with Gasteiger partial charge in [0.1, 0.15) is 17.2 Å². The maximum atomic E-state index is 11.4. The molecule has 50 heavy (non-hydrogen) atoms. The predicted octanol–water partition coefficient (Wildman–Crippen LogP) is 8.86. The molecule has 6 N–H and O–H groups in total. The van der Waals surface area contributed by atoms with E-state index in [2.05, 4.69) is 0 Å². The van der Waals surface area contributed by atoms with Crippen molar-refractivity contribution in [3.63, 3.8) is 0 Å². The van der Waals surface area contributed by atoms with E-state index >= 15 is 0 Å². The van der Waals surface area contributed by atoms with E-state index < -0.39 is 0 Å². The van der Waals surface area contributed by atoms with E-state index in [4.69, 9.17) is 9.47 Å². The molecule has 0 unspecified atom stereocenters. The highest BCUT2D eigenvalue weighted by Crippen LogP contribution is 2.45. The molecule has 0 aliphatic heterocycles. The molecule has 6 aromatic carbocycles. The fourth-order valence-corrected chi connectivity index (χ4v) is 5.67. The molecular formula is C42H38O8. The van der Waals surface area contributed by atoms with E-state index in [1.54, 1.807) is 91.0 Å². The summed E-state index contributed by atoms with van der Waals surface area (Å²) in [5.74, 6) is 0.470. The van der Waals surface area contributed by atoms with Crippen molar-refractivity contribution in [3.8, 4) is 57.5 Å². The molecule has 0 aliphatic carbocycles. The predicted molar refractivity (Wildman–Crippen MR) is 191 cm³/mol. The molecular weight excluding hydrogens is 632 g/mol. The Bertz CT molecular complexity index is 1950. The van der Waals surface area contributed by atoms with Crippen LogP contribution in [-0.4, -0.2) is 30.6 Å². The van der Waals surface area contributed by atoms with Gasteiger partial charge in [0.05, 0.1) is 0 Å². The normalized spacial score (nSPS) is 11.0. The number of aryl methyl sites for hydroxylation is 6. The van der Waals surface area contributed by atoms with Crippen LogP contribution in [0, 0.1) is 0 Å². The second-order valence-corrected chi connectivity index (χ2v) is 12.3. The van der Waals surface area contributed by atoms with E-state index in [0.717, 1.165) is 33.4 Å². The summed E-state index contributed by atoms with van der Waals surface area (Å²) in [5.41, 5.74) is 5.56. The zero-order chi connectivity index (χ0) is 35.0. The van der Waals surface area contributed by atoms with Crippen LogP contribution in [0.1, 0.15) is 33.4 Å². The molecule has 0 aliphatic rings. The van der Waals surface area contributed by atoms with Gasteiger partial charge < -0.3 is 40.1 Å². The highest BCUT2D eigenvalue weighted by Gasteiger charge is 2.18. The zero-order valence-corrected chi connectivity index (χ0v) is 27.3. The number of hydrogen-bond donors (Lipinski definition) is 6. The van der Waals surface area contributed by atoms with Crippen molar-refractivity contribution in [3.05, 3.63) is 155 Å². The first-order valence-corrected chi connectivity index (χ1v) is 16.4. The Kier molecular flexibility index (Phi) is 10.3. The molecule has 0 fully saturated rings. The first-order chi connectivity index (χ1) is 24.2. The minimum atomic E-state index is -0.311. The Labute approximate surface area is 290 Å². The lowest BCUT2D eigenvalue weighted by Gasteiger charge is -2.17. The largest absolute Gasteiger partial charge is 0.508 e. The lowest BCUT2D eigenvalue weighted by atomic mass is 10.0. The molecule has 8 nitrogen and oxygen atoms in total. The first kappa shape index (κ1) is 33.6. The maximum Gasteiger partial charge on any atom is 0.202 e. The first-order valence-electron chi connectivity index (χ1n) is 16.4. The monoisotopic (exact) mass is 670 g/mol. The third-order valence-electron chi connectivity index (χ3n) is 8.48. The standard InChI is InChI=1S/C42H38O8/c43-33-16-10-27(11-17-33)4-6-30-14-20-36(46)38(23-30)49-40-25-32(9-8-29-2-1-3-35(45)22-29)26-41(42(40)48)50-39-24-31(15-21-37(39)47)7-5-28-12-18-34(44)19-13-28/h1-3,10-26,43-48H,4-9H2. The minimum Gasteiger partial charge on any atom is -0.508 e.